The monoisotopic (exact) mass is 399 g/mol. The number of amides is 1. The Morgan fingerprint density at radius 3 is 2.53 bits per heavy atom. The molecule has 1 aliphatic heterocycles. The summed E-state index contributed by atoms with van der Waals surface area (Å²) in [6.07, 6.45) is -8.43. The highest BCUT2D eigenvalue weighted by Gasteiger charge is 2.48. The van der Waals surface area contributed by atoms with E-state index in [1.165, 1.54) is 7.11 Å². The Kier molecular flexibility index (Phi) is 5.79. The molecule has 19 heavy (non-hydrogen) atoms. The number of hydrogen-bond acceptors (Lipinski definition) is 5. The Morgan fingerprint density at radius 2 is 2.11 bits per heavy atom. The van der Waals surface area contributed by atoms with Crippen LogP contribution in [-0.4, -0.2) is 64.5 Å². The first-order valence-corrected chi connectivity index (χ1v) is 6.45. The van der Waals surface area contributed by atoms with Crippen LogP contribution in [0.25, 0.3) is 0 Å². The van der Waals surface area contributed by atoms with Gasteiger partial charge in [-0.1, -0.05) is 22.6 Å². The highest BCUT2D eigenvalue weighted by molar-refractivity contribution is 14.1. The standard InChI is InChI=1S/C9H13F3INO5/c1-18-7-5(14-8(17)9(10,11)12)4(13)6(16)3(2-15)19-7/h3-7,15-16H,2H2,1H3,(H,14,17)/t3-,4-,5+,6-,7?/m1/s1. The van der Waals surface area contributed by atoms with Crippen molar-refractivity contribution in [2.75, 3.05) is 13.7 Å². The molecule has 3 N–H and O–H groups in total. The molecule has 1 rings (SSSR count). The van der Waals surface area contributed by atoms with E-state index in [0.717, 1.165) is 0 Å². The van der Waals surface area contributed by atoms with Crippen LogP contribution in [0.3, 0.4) is 0 Å². The zero-order valence-electron chi connectivity index (χ0n) is 9.72. The van der Waals surface area contributed by atoms with E-state index in [9.17, 15) is 23.1 Å². The SMILES string of the molecule is COC1O[C@H](CO)[C@@H](O)[C@H](I)[C@@H]1NC(=O)C(F)(F)F. The molecule has 1 aliphatic rings. The summed E-state index contributed by atoms with van der Waals surface area (Å²) in [5, 5.41) is 20.5. The minimum Gasteiger partial charge on any atom is -0.394 e. The van der Waals surface area contributed by atoms with Crippen molar-refractivity contribution in [1.29, 1.82) is 0 Å². The van der Waals surface area contributed by atoms with Gasteiger partial charge in [0.25, 0.3) is 0 Å². The average molecular weight is 399 g/mol. The van der Waals surface area contributed by atoms with Gasteiger partial charge in [0.2, 0.25) is 0 Å². The fourth-order valence-electron chi connectivity index (χ4n) is 1.64. The molecule has 0 radical (unpaired) electrons. The van der Waals surface area contributed by atoms with E-state index in [1.54, 1.807) is 27.9 Å². The predicted molar refractivity (Wildman–Crippen MR) is 64.6 cm³/mol. The Bertz CT molecular complexity index is 327. The van der Waals surface area contributed by atoms with Gasteiger partial charge < -0.3 is 25.0 Å². The molecule has 5 atom stereocenters. The number of nitrogens with one attached hydrogen (secondary N) is 1. The summed E-state index contributed by atoms with van der Waals surface area (Å²) in [5.74, 6) is -2.14. The number of ether oxygens (including phenoxy) is 2. The van der Waals surface area contributed by atoms with Crippen LogP contribution in [0.4, 0.5) is 13.2 Å². The lowest BCUT2D eigenvalue weighted by Gasteiger charge is -2.41. The Labute approximate surface area is 120 Å². The van der Waals surface area contributed by atoms with E-state index in [-0.39, 0.29) is 0 Å². The molecule has 0 bridgehead atoms. The third-order valence-corrected chi connectivity index (χ3v) is 4.13. The van der Waals surface area contributed by atoms with Crippen molar-refractivity contribution in [3.63, 3.8) is 0 Å². The zero-order chi connectivity index (χ0) is 14.8. The van der Waals surface area contributed by atoms with Crippen molar-refractivity contribution < 1.29 is 37.7 Å². The van der Waals surface area contributed by atoms with E-state index in [0.29, 0.717) is 0 Å². The van der Waals surface area contributed by atoms with Gasteiger partial charge in [0.15, 0.2) is 6.29 Å². The van der Waals surface area contributed by atoms with Crippen molar-refractivity contribution in [1.82, 2.24) is 5.32 Å². The number of alkyl halides is 4. The van der Waals surface area contributed by atoms with Crippen LogP contribution in [0.5, 0.6) is 0 Å². The number of carbonyl (C=O) groups excluding carboxylic acids is 1. The summed E-state index contributed by atoms with van der Waals surface area (Å²) >= 11 is 1.68. The molecule has 112 valence electrons. The minimum absolute atomic E-state index is 0.513. The Hall–Kier alpha value is -0.170. The van der Waals surface area contributed by atoms with Gasteiger partial charge in [-0.05, 0) is 0 Å². The van der Waals surface area contributed by atoms with Crippen molar-refractivity contribution >= 4 is 28.5 Å². The lowest BCUT2D eigenvalue weighted by atomic mass is 10.0. The van der Waals surface area contributed by atoms with E-state index in [4.69, 9.17) is 14.6 Å². The van der Waals surface area contributed by atoms with E-state index in [2.05, 4.69) is 0 Å². The number of hydrogen-bond donors (Lipinski definition) is 3. The molecule has 0 spiro atoms. The van der Waals surface area contributed by atoms with Gasteiger partial charge in [0.1, 0.15) is 6.10 Å². The lowest BCUT2D eigenvalue weighted by Crippen LogP contribution is -2.63. The molecule has 0 aromatic carbocycles. The van der Waals surface area contributed by atoms with Gasteiger partial charge in [-0.25, -0.2) is 0 Å². The first-order chi connectivity index (χ1) is 8.72. The number of aliphatic hydroxyl groups excluding tert-OH is 2. The number of methoxy groups -OCH3 is 1. The second-order valence-electron chi connectivity index (χ2n) is 3.89. The molecule has 10 heteroatoms. The molecular formula is C9H13F3INO5. The molecule has 0 aromatic heterocycles. The Morgan fingerprint density at radius 1 is 1.53 bits per heavy atom. The highest BCUT2D eigenvalue weighted by atomic mass is 127. The molecule has 0 aliphatic carbocycles. The maximum Gasteiger partial charge on any atom is 0.471 e. The molecule has 1 heterocycles. The smallest absolute Gasteiger partial charge is 0.394 e. The average Bonchev–Trinajstić information content (AvgIpc) is 2.34. The topological polar surface area (TPSA) is 88.0 Å². The molecule has 1 amide bonds. The van der Waals surface area contributed by atoms with Crippen molar-refractivity contribution in [3.05, 3.63) is 0 Å². The summed E-state index contributed by atoms with van der Waals surface area (Å²) in [4.78, 5) is 10.9. The minimum atomic E-state index is -5.03. The second kappa shape index (κ2) is 6.52. The van der Waals surface area contributed by atoms with Crippen LogP contribution in [0.2, 0.25) is 0 Å². The quantitative estimate of drug-likeness (QED) is 0.443. The van der Waals surface area contributed by atoms with Crippen LogP contribution in [0, 0.1) is 0 Å². The van der Waals surface area contributed by atoms with Crippen LogP contribution in [0.1, 0.15) is 0 Å². The maximum absolute atomic E-state index is 12.2. The molecule has 1 fully saturated rings. The van der Waals surface area contributed by atoms with Crippen LogP contribution in [0.15, 0.2) is 0 Å². The van der Waals surface area contributed by atoms with Crippen LogP contribution >= 0.6 is 22.6 Å². The van der Waals surface area contributed by atoms with Crippen molar-refractivity contribution in [2.24, 2.45) is 0 Å². The number of carbonyl (C=O) groups is 1. The van der Waals surface area contributed by atoms with Crippen molar-refractivity contribution in [3.8, 4) is 0 Å². The Balaban J connectivity index is 2.82. The number of aliphatic hydroxyl groups is 2. The van der Waals surface area contributed by atoms with Gasteiger partial charge in [-0.3, -0.25) is 4.79 Å². The largest absolute Gasteiger partial charge is 0.471 e. The normalized spacial score (nSPS) is 36.1. The van der Waals surface area contributed by atoms with Crippen LogP contribution < -0.4 is 5.32 Å². The first-order valence-electron chi connectivity index (χ1n) is 5.21. The molecule has 1 saturated heterocycles. The summed E-state index contributed by atoms with van der Waals surface area (Å²) in [5.41, 5.74) is 0. The van der Waals surface area contributed by atoms with Gasteiger partial charge >= 0.3 is 12.1 Å². The van der Waals surface area contributed by atoms with E-state index < -0.39 is 47.2 Å². The molecule has 6 nitrogen and oxygen atoms in total. The fraction of sp³-hybridized carbons (Fsp3) is 0.889. The van der Waals surface area contributed by atoms with Crippen LogP contribution in [-0.2, 0) is 14.3 Å². The summed E-state index contributed by atoms with van der Waals surface area (Å²) < 4.78 is 45.7. The molecular weight excluding hydrogens is 386 g/mol. The molecule has 0 aromatic rings. The van der Waals surface area contributed by atoms with Gasteiger partial charge in [-0.15, -0.1) is 0 Å². The van der Waals surface area contributed by atoms with Crippen molar-refractivity contribution in [2.45, 2.75) is 34.6 Å². The molecule has 1 unspecified atom stereocenters. The second-order valence-corrected chi connectivity index (χ2v) is 5.33. The maximum atomic E-state index is 12.2. The van der Waals surface area contributed by atoms with E-state index >= 15 is 0 Å². The zero-order valence-corrected chi connectivity index (χ0v) is 11.9. The fourth-order valence-corrected chi connectivity index (χ4v) is 2.62. The van der Waals surface area contributed by atoms with E-state index in [1.807, 2.05) is 0 Å². The summed E-state index contributed by atoms with van der Waals surface area (Å²) in [6.45, 7) is -0.513. The number of halogens is 4. The summed E-state index contributed by atoms with van der Waals surface area (Å²) in [6, 6.07) is -1.18. The van der Waals surface area contributed by atoms with Gasteiger partial charge in [0.05, 0.1) is 22.7 Å². The lowest BCUT2D eigenvalue weighted by molar-refractivity contribution is -0.231. The highest BCUT2D eigenvalue weighted by Crippen LogP contribution is 2.28. The molecule has 0 saturated carbocycles. The third kappa shape index (κ3) is 3.90. The van der Waals surface area contributed by atoms with Gasteiger partial charge in [0, 0.05) is 7.11 Å². The third-order valence-electron chi connectivity index (χ3n) is 2.62. The number of rotatable bonds is 3. The first kappa shape index (κ1) is 16.9. The predicted octanol–water partition coefficient (Wildman–Crippen LogP) is -0.438. The summed E-state index contributed by atoms with van der Waals surface area (Å²) in [7, 11) is 1.19. The van der Waals surface area contributed by atoms with Gasteiger partial charge in [-0.2, -0.15) is 13.2 Å².